The molecule has 0 rings (SSSR count). The minimum absolute atomic E-state index is 0.221. The van der Waals surface area contributed by atoms with Gasteiger partial charge in [-0.1, -0.05) is 71.1 Å². The molecule has 0 aliphatic heterocycles. The van der Waals surface area contributed by atoms with E-state index in [2.05, 4.69) is 6.92 Å². The fourth-order valence-corrected chi connectivity index (χ4v) is 2.43. The molecular weight excluding hydrogens is 244 g/mol. The summed E-state index contributed by atoms with van der Waals surface area (Å²) in [7, 11) is 0. The van der Waals surface area contributed by atoms with Gasteiger partial charge in [0.15, 0.2) is 0 Å². The van der Waals surface area contributed by atoms with Crippen LogP contribution in [-0.2, 0) is 4.74 Å². The van der Waals surface area contributed by atoms with E-state index >= 15 is 0 Å². The first-order chi connectivity index (χ1) is 8.81. The molecule has 2 heteroatoms. The molecule has 110 valence electrons. The van der Waals surface area contributed by atoms with E-state index in [-0.39, 0.29) is 5.38 Å². The van der Waals surface area contributed by atoms with Gasteiger partial charge in [0.1, 0.15) is 0 Å². The predicted molar refractivity (Wildman–Crippen MR) is 82.6 cm³/mol. The van der Waals surface area contributed by atoms with Crippen molar-refractivity contribution in [2.24, 2.45) is 0 Å². The summed E-state index contributed by atoms with van der Waals surface area (Å²) in [5.74, 6) is 0. The average molecular weight is 277 g/mol. The number of rotatable bonds is 14. The van der Waals surface area contributed by atoms with E-state index in [1.807, 2.05) is 6.92 Å². The summed E-state index contributed by atoms with van der Waals surface area (Å²) in [6.07, 6.45) is 15.0. The maximum atomic E-state index is 6.15. The second kappa shape index (κ2) is 15.3. The van der Waals surface area contributed by atoms with Crippen LogP contribution in [0, 0.1) is 0 Å². The molecule has 0 radical (unpaired) electrons. The smallest absolute Gasteiger partial charge is 0.0629 e. The maximum absolute atomic E-state index is 6.15. The number of hydrogen-bond acceptors (Lipinski definition) is 1. The molecule has 0 amide bonds. The third-order valence-corrected chi connectivity index (χ3v) is 3.72. The van der Waals surface area contributed by atoms with Gasteiger partial charge < -0.3 is 4.74 Å². The summed E-state index contributed by atoms with van der Waals surface area (Å²) in [4.78, 5) is 0. The Labute approximate surface area is 120 Å². The predicted octanol–water partition coefficient (Wildman–Crippen LogP) is 5.94. The number of halogens is 1. The van der Waals surface area contributed by atoms with Gasteiger partial charge in [-0.25, -0.2) is 0 Å². The van der Waals surface area contributed by atoms with Crippen LogP contribution in [0.4, 0.5) is 0 Å². The van der Waals surface area contributed by atoms with Crippen molar-refractivity contribution in [1.82, 2.24) is 0 Å². The Bertz CT molecular complexity index is 150. The zero-order valence-electron chi connectivity index (χ0n) is 12.6. The maximum Gasteiger partial charge on any atom is 0.0629 e. The molecule has 0 saturated carbocycles. The first-order valence-corrected chi connectivity index (χ1v) is 8.46. The van der Waals surface area contributed by atoms with Crippen molar-refractivity contribution < 1.29 is 4.74 Å². The first kappa shape index (κ1) is 18.2. The van der Waals surface area contributed by atoms with E-state index in [4.69, 9.17) is 16.3 Å². The van der Waals surface area contributed by atoms with Gasteiger partial charge >= 0.3 is 0 Å². The van der Waals surface area contributed by atoms with Crippen LogP contribution in [0.25, 0.3) is 0 Å². The van der Waals surface area contributed by atoms with E-state index in [0.717, 1.165) is 19.6 Å². The van der Waals surface area contributed by atoms with Gasteiger partial charge in [0.2, 0.25) is 0 Å². The largest absolute Gasteiger partial charge is 0.380 e. The molecular formula is C16H33ClO. The highest BCUT2D eigenvalue weighted by atomic mass is 35.5. The van der Waals surface area contributed by atoms with Crippen LogP contribution in [0.5, 0.6) is 0 Å². The lowest BCUT2D eigenvalue weighted by atomic mass is 10.1. The van der Waals surface area contributed by atoms with E-state index in [0.29, 0.717) is 0 Å². The first-order valence-electron chi connectivity index (χ1n) is 8.03. The van der Waals surface area contributed by atoms with Crippen LogP contribution in [0.2, 0.25) is 0 Å². The summed E-state index contributed by atoms with van der Waals surface area (Å²) >= 11 is 6.15. The second-order valence-electron chi connectivity index (χ2n) is 5.23. The van der Waals surface area contributed by atoms with Crippen LogP contribution >= 0.6 is 11.6 Å². The number of alkyl halides is 1. The van der Waals surface area contributed by atoms with Gasteiger partial charge in [-0.05, 0) is 13.3 Å². The number of hydrogen-bond donors (Lipinski definition) is 0. The van der Waals surface area contributed by atoms with Crippen LogP contribution in [0.15, 0.2) is 0 Å². The monoisotopic (exact) mass is 276 g/mol. The SMILES string of the molecule is CCCCCCCCCCCCC(Cl)COCC. The fraction of sp³-hybridized carbons (Fsp3) is 1.00. The molecule has 0 aromatic heterocycles. The van der Waals surface area contributed by atoms with Gasteiger partial charge in [-0.15, -0.1) is 11.6 Å². The molecule has 18 heavy (non-hydrogen) atoms. The van der Waals surface area contributed by atoms with Gasteiger partial charge in [0.25, 0.3) is 0 Å². The van der Waals surface area contributed by atoms with Crippen molar-refractivity contribution in [2.45, 2.75) is 89.9 Å². The molecule has 0 N–H and O–H groups in total. The van der Waals surface area contributed by atoms with Crippen LogP contribution in [0.1, 0.15) is 84.5 Å². The molecule has 1 unspecified atom stereocenters. The summed E-state index contributed by atoms with van der Waals surface area (Å²) in [6.45, 7) is 5.79. The van der Waals surface area contributed by atoms with Gasteiger partial charge in [0, 0.05) is 6.61 Å². The molecule has 0 heterocycles. The normalized spacial score (nSPS) is 12.8. The molecule has 0 aliphatic carbocycles. The van der Waals surface area contributed by atoms with Crippen molar-refractivity contribution in [3.63, 3.8) is 0 Å². The zero-order chi connectivity index (χ0) is 13.5. The summed E-state index contributed by atoms with van der Waals surface area (Å²) in [5, 5.41) is 0.221. The van der Waals surface area contributed by atoms with E-state index < -0.39 is 0 Å². The molecule has 0 spiro atoms. The lowest BCUT2D eigenvalue weighted by Gasteiger charge is -2.08. The molecule has 0 fully saturated rings. The number of unbranched alkanes of at least 4 members (excludes halogenated alkanes) is 9. The molecule has 1 nitrogen and oxygen atoms in total. The Balaban J connectivity index is 3.02. The highest BCUT2D eigenvalue weighted by Crippen LogP contribution is 2.13. The molecule has 0 aromatic rings. The highest BCUT2D eigenvalue weighted by Gasteiger charge is 2.03. The van der Waals surface area contributed by atoms with E-state index in [1.165, 1.54) is 64.2 Å². The Morgan fingerprint density at radius 3 is 1.78 bits per heavy atom. The van der Waals surface area contributed by atoms with Gasteiger partial charge in [-0.2, -0.15) is 0 Å². The minimum Gasteiger partial charge on any atom is -0.380 e. The third kappa shape index (κ3) is 14.3. The lowest BCUT2D eigenvalue weighted by Crippen LogP contribution is -2.08. The fourth-order valence-electron chi connectivity index (χ4n) is 2.18. The van der Waals surface area contributed by atoms with Crippen molar-refractivity contribution in [1.29, 1.82) is 0 Å². The van der Waals surface area contributed by atoms with Crippen LogP contribution in [-0.4, -0.2) is 18.6 Å². The summed E-state index contributed by atoms with van der Waals surface area (Å²) < 4.78 is 5.31. The van der Waals surface area contributed by atoms with Crippen LogP contribution < -0.4 is 0 Å². The van der Waals surface area contributed by atoms with Crippen LogP contribution in [0.3, 0.4) is 0 Å². The van der Waals surface area contributed by atoms with Crippen molar-refractivity contribution in [2.75, 3.05) is 13.2 Å². The third-order valence-electron chi connectivity index (χ3n) is 3.37. The lowest BCUT2D eigenvalue weighted by molar-refractivity contribution is 0.145. The Morgan fingerprint density at radius 1 is 0.778 bits per heavy atom. The van der Waals surface area contributed by atoms with E-state index in [9.17, 15) is 0 Å². The summed E-state index contributed by atoms with van der Waals surface area (Å²) in [6, 6.07) is 0. The zero-order valence-corrected chi connectivity index (χ0v) is 13.3. The van der Waals surface area contributed by atoms with Gasteiger partial charge in [0.05, 0.1) is 12.0 Å². The van der Waals surface area contributed by atoms with E-state index in [1.54, 1.807) is 0 Å². The number of ether oxygens (including phenoxy) is 1. The van der Waals surface area contributed by atoms with Crippen molar-refractivity contribution >= 4 is 11.6 Å². The molecule has 0 aliphatic rings. The molecule has 1 atom stereocenters. The Hall–Kier alpha value is 0.250. The molecule has 0 saturated heterocycles. The topological polar surface area (TPSA) is 9.23 Å². The van der Waals surface area contributed by atoms with Crippen molar-refractivity contribution in [3.8, 4) is 0 Å². The Morgan fingerprint density at radius 2 is 1.28 bits per heavy atom. The molecule has 0 bridgehead atoms. The van der Waals surface area contributed by atoms with Gasteiger partial charge in [-0.3, -0.25) is 0 Å². The Kier molecular flexibility index (Phi) is 15.5. The minimum atomic E-state index is 0.221. The van der Waals surface area contributed by atoms with Crippen molar-refractivity contribution in [3.05, 3.63) is 0 Å². The second-order valence-corrected chi connectivity index (χ2v) is 5.84. The standard InChI is InChI=1S/C16H33ClO/c1-3-5-6-7-8-9-10-11-12-13-14-16(17)15-18-4-2/h16H,3-15H2,1-2H3. The average Bonchev–Trinajstić information content (AvgIpc) is 2.38. The molecule has 0 aromatic carbocycles. The summed E-state index contributed by atoms with van der Waals surface area (Å²) in [5.41, 5.74) is 0. The quantitative estimate of drug-likeness (QED) is 0.282. The highest BCUT2D eigenvalue weighted by molar-refractivity contribution is 6.20.